The van der Waals surface area contributed by atoms with Gasteiger partial charge in [0.15, 0.2) is 0 Å². The zero-order chi connectivity index (χ0) is 13.3. The maximum absolute atomic E-state index is 6.51. The third kappa shape index (κ3) is 2.46. The van der Waals surface area contributed by atoms with Gasteiger partial charge in [-0.2, -0.15) is 0 Å². The van der Waals surface area contributed by atoms with Gasteiger partial charge < -0.3 is 10.3 Å². The van der Waals surface area contributed by atoms with Crippen molar-refractivity contribution < 1.29 is 0 Å². The Morgan fingerprint density at radius 3 is 2.67 bits per heavy atom. The lowest BCUT2D eigenvalue weighted by molar-refractivity contribution is 0.468. The normalized spacial score (nSPS) is 14.5. The van der Waals surface area contributed by atoms with Crippen LogP contribution in [-0.2, 0) is 19.0 Å². The summed E-state index contributed by atoms with van der Waals surface area (Å²) in [6, 6.07) is 6.43. The number of benzene rings is 1. The zero-order valence-corrected chi connectivity index (χ0v) is 11.6. The van der Waals surface area contributed by atoms with E-state index in [0.29, 0.717) is 0 Å². The molecule has 2 N–H and O–H groups in total. The van der Waals surface area contributed by atoms with Gasteiger partial charge in [0.1, 0.15) is 5.82 Å². The van der Waals surface area contributed by atoms with Crippen molar-refractivity contribution in [1.82, 2.24) is 9.55 Å². The highest BCUT2D eigenvalue weighted by atomic mass is 15.0. The smallest absolute Gasteiger partial charge is 0.110 e. The summed E-state index contributed by atoms with van der Waals surface area (Å²) in [5.74, 6) is 1.01. The van der Waals surface area contributed by atoms with Gasteiger partial charge in [0, 0.05) is 31.4 Å². The van der Waals surface area contributed by atoms with Crippen LogP contribution in [0.15, 0.2) is 30.6 Å². The van der Waals surface area contributed by atoms with E-state index in [1.807, 2.05) is 24.0 Å². The molecule has 96 valence electrons. The van der Waals surface area contributed by atoms with Crippen molar-refractivity contribution in [1.29, 1.82) is 0 Å². The first-order valence-corrected chi connectivity index (χ1v) is 6.23. The lowest BCUT2D eigenvalue weighted by Gasteiger charge is -2.27. The molecule has 2 rings (SSSR count). The molecule has 0 radical (unpaired) electrons. The Hall–Kier alpha value is -1.61. The molecule has 1 aromatic heterocycles. The van der Waals surface area contributed by atoms with Gasteiger partial charge in [-0.25, -0.2) is 4.98 Å². The molecule has 0 amide bonds. The number of imidazole rings is 1. The molecule has 2 aromatic rings. The Kier molecular flexibility index (Phi) is 3.26. The molecule has 1 atom stereocenters. The van der Waals surface area contributed by atoms with Crippen molar-refractivity contribution in [2.24, 2.45) is 12.8 Å². The third-order valence-corrected chi connectivity index (χ3v) is 3.45. The van der Waals surface area contributed by atoms with Crippen LogP contribution in [-0.4, -0.2) is 9.55 Å². The summed E-state index contributed by atoms with van der Waals surface area (Å²) in [4.78, 5) is 4.36. The van der Waals surface area contributed by atoms with Crippen LogP contribution in [0.3, 0.4) is 0 Å². The molecule has 1 heterocycles. The lowest BCUT2D eigenvalue weighted by atomic mass is 9.85. The van der Waals surface area contributed by atoms with E-state index < -0.39 is 5.54 Å². The first-order chi connectivity index (χ1) is 8.40. The lowest BCUT2D eigenvalue weighted by Crippen LogP contribution is -2.37. The molecule has 0 aliphatic rings. The minimum Gasteiger partial charge on any atom is -0.338 e. The molecule has 0 fully saturated rings. The fourth-order valence-electron chi connectivity index (χ4n) is 2.34. The van der Waals surface area contributed by atoms with E-state index in [-0.39, 0.29) is 0 Å². The third-order valence-electron chi connectivity index (χ3n) is 3.45. The fourth-order valence-corrected chi connectivity index (χ4v) is 2.34. The van der Waals surface area contributed by atoms with Gasteiger partial charge in [-0.15, -0.1) is 0 Å². The Bertz CT molecular complexity index is 553. The van der Waals surface area contributed by atoms with E-state index in [9.17, 15) is 0 Å². The molecule has 1 aromatic carbocycles. The summed E-state index contributed by atoms with van der Waals surface area (Å²) in [5.41, 5.74) is 9.80. The number of aryl methyl sites for hydroxylation is 3. The highest BCUT2D eigenvalue weighted by Crippen LogP contribution is 2.26. The highest BCUT2D eigenvalue weighted by molar-refractivity contribution is 5.36. The minimum absolute atomic E-state index is 0.394. The van der Waals surface area contributed by atoms with Gasteiger partial charge in [-0.1, -0.05) is 23.8 Å². The monoisotopic (exact) mass is 243 g/mol. The molecule has 3 heteroatoms. The Labute approximate surface area is 109 Å². The summed E-state index contributed by atoms with van der Waals surface area (Å²) in [6.45, 7) is 6.28. The summed E-state index contributed by atoms with van der Waals surface area (Å²) in [6.07, 6.45) is 4.50. The predicted octanol–water partition coefficient (Wildman–Crippen LogP) is 2.45. The van der Waals surface area contributed by atoms with Crippen LogP contribution in [0, 0.1) is 13.8 Å². The molecule has 0 spiro atoms. The second-order valence-corrected chi connectivity index (χ2v) is 5.37. The Morgan fingerprint density at radius 1 is 1.33 bits per heavy atom. The topological polar surface area (TPSA) is 43.8 Å². The van der Waals surface area contributed by atoms with E-state index in [1.165, 1.54) is 16.7 Å². The highest BCUT2D eigenvalue weighted by Gasteiger charge is 2.25. The van der Waals surface area contributed by atoms with Crippen LogP contribution in [0.1, 0.15) is 29.4 Å². The number of nitrogens with zero attached hydrogens (tertiary/aromatic N) is 2. The SMILES string of the molecule is Cc1ccc(C)c(C(C)(N)Cc2nccn2C)c1. The summed E-state index contributed by atoms with van der Waals surface area (Å²) >= 11 is 0. The Morgan fingerprint density at radius 2 is 2.06 bits per heavy atom. The van der Waals surface area contributed by atoms with Gasteiger partial charge in [0.05, 0.1) is 0 Å². The molecule has 0 saturated carbocycles. The molecule has 0 aliphatic carbocycles. The second kappa shape index (κ2) is 4.58. The molecular weight excluding hydrogens is 222 g/mol. The second-order valence-electron chi connectivity index (χ2n) is 5.37. The maximum Gasteiger partial charge on any atom is 0.110 e. The van der Waals surface area contributed by atoms with Crippen LogP contribution in [0.5, 0.6) is 0 Å². The Balaban J connectivity index is 2.36. The van der Waals surface area contributed by atoms with Gasteiger partial charge >= 0.3 is 0 Å². The molecule has 1 unspecified atom stereocenters. The zero-order valence-electron chi connectivity index (χ0n) is 11.6. The van der Waals surface area contributed by atoms with Crippen molar-refractivity contribution in [3.8, 4) is 0 Å². The summed E-state index contributed by atoms with van der Waals surface area (Å²) < 4.78 is 2.02. The molecule has 3 nitrogen and oxygen atoms in total. The first kappa shape index (κ1) is 12.8. The van der Waals surface area contributed by atoms with E-state index >= 15 is 0 Å². The maximum atomic E-state index is 6.51. The average molecular weight is 243 g/mol. The van der Waals surface area contributed by atoms with Crippen molar-refractivity contribution in [3.63, 3.8) is 0 Å². The van der Waals surface area contributed by atoms with E-state index in [4.69, 9.17) is 5.73 Å². The van der Waals surface area contributed by atoms with Crippen LogP contribution >= 0.6 is 0 Å². The molecule has 18 heavy (non-hydrogen) atoms. The van der Waals surface area contributed by atoms with Gasteiger partial charge in [0.25, 0.3) is 0 Å². The number of nitrogens with two attached hydrogens (primary N) is 1. The van der Waals surface area contributed by atoms with Gasteiger partial charge in [0.2, 0.25) is 0 Å². The number of hydrogen-bond donors (Lipinski definition) is 1. The first-order valence-electron chi connectivity index (χ1n) is 6.23. The van der Waals surface area contributed by atoms with Crippen molar-refractivity contribution >= 4 is 0 Å². The van der Waals surface area contributed by atoms with Crippen LogP contribution in [0.2, 0.25) is 0 Å². The van der Waals surface area contributed by atoms with Crippen molar-refractivity contribution in [2.45, 2.75) is 32.7 Å². The average Bonchev–Trinajstić information content (AvgIpc) is 2.67. The van der Waals surface area contributed by atoms with Crippen LogP contribution in [0.25, 0.3) is 0 Å². The molecular formula is C15H21N3. The van der Waals surface area contributed by atoms with Gasteiger partial charge in [-0.05, 0) is 31.9 Å². The molecule has 0 aliphatic heterocycles. The fraction of sp³-hybridized carbons (Fsp3) is 0.400. The largest absolute Gasteiger partial charge is 0.338 e. The number of rotatable bonds is 3. The van der Waals surface area contributed by atoms with E-state index in [2.05, 4.69) is 44.0 Å². The predicted molar refractivity (Wildman–Crippen MR) is 74.4 cm³/mol. The summed E-state index contributed by atoms with van der Waals surface area (Å²) in [7, 11) is 2.00. The standard InChI is InChI=1S/C15H21N3/c1-11-5-6-12(2)13(9-11)15(3,16)10-14-17-7-8-18(14)4/h5-9H,10,16H2,1-4H3. The quantitative estimate of drug-likeness (QED) is 0.900. The number of hydrogen-bond acceptors (Lipinski definition) is 2. The molecule has 0 bridgehead atoms. The minimum atomic E-state index is -0.394. The van der Waals surface area contributed by atoms with Crippen LogP contribution in [0.4, 0.5) is 0 Å². The molecule has 0 saturated heterocycles. The van der Waals surface area contributed by atoms with Crippen molar-refractivity contribution in [3.05, 3.63) is 53.1 Å². The number of aromatic nitrogens is 2. The summed E-state index contributed by atoms with van der Waals surface area (Å²) in [5, 5.41) is 0. The van der Waals surface area contributed by atoms with Gasteiger partial charge in [-0.3, -0.25) is 0 Å². The van der Waals surface area contributed by atoms with E-state index in [1.54, 1.807) is 0 Å². The van der Waals surface area contributed by atoms with Crippen molar-refractivity contribution in [2.75, 3.05) is 0 Å². The van der Waals surface area contributed by atoms with Crippen LogP contribution < -0.4 is 5.73 Å². The van der Waals surface area contributed by atoms with E-state index in [0.717, 1.165) is 12.2 Å².